The lowest BCUT2D eigenvalue weighted by Crippen LogP contribution is -2.61. The maximum Gasteiger partial charge on any atom is 0.239 e. The summed E-state index contributed by atoms with van der Waals surface area (Å²) in [5.74, 6) is -0.143. The van der Waals surface area contributed by atoms with E-state index in [2.05, 4.69) is 15.5 Å². The van der Waals surface area contributed by atoms with Crippen LogP contribution in [0, 0.1) is 5.92 Å². The lowest BCUT2D eigenvalue weighted by Gasteiger charge is -2.45. The Balaban J connectivity index is 1.30. The molecule has 3 fully saturated rings. The predicted octanol–water partition coefficient (Wildman–Crippen LogP) is 2.09. The Morgan fingerprint density at radius 1 is 1.12 bits per heavy atom. The lowest BCUT2D eigenvalue weighted by molar-refractivity contribution is -0.146. The Labute approximate surface area is 210 Å². The number of benzene rings is 1. The van der Waals surface area contributed by atoms with Crippen molar-refractivity contribution >= 4 is 40.9 Å². The molecule has 8 nitrogen and oxygen atoms in total. The molecule has 1 aromatic carbocycles. The summed E-state index contributed by atoms with van der Waals surface area (Å²) in [6.07, 6.45) is 3.75. The van der Waals surface area contributed by atoms with Gasteiger partial charge in [-0.05, 0) is 43.4 Å². The molecule has 1 saturated carbocycles. The first-order valence-corrected chi connectivity index (χ1v) is 12.8. The van der Waals surface area contributed by atoms with Crippen molar-refractivity contribution < 1.29 is 14.4 Å². The summed E-state index contributed by atoms with van der Waals surface area (Å²) >= 11 is 12.0. The Bertz CT molecular complexity index is 930. The van der Waals surface area contributed by atoms with Crippen molar-refractivity contribution in [2.45, 2.75) is 51.2 Å². The van der Waals surface area contributed by atoms with Gasteiger partial charge in [0.2, 0.25) is 17.7 Å². The van der Waals surface area contributed by atoms with Crippen molar-refractivity contribution in [2.24, 2.45) is 5.92 Å². The third kappa shape index (κ3) is 6.03. The van der Waals surface area contributed by atoms with Crippen LogP contribution >= 0.6 is 23.2 Å². The van der Waals surface area contributed by atoms with Gasteiger partial charge in [0.25, 0.3) is 0 Å². The van der Waals surface area contributed by atoms with Gasteiger partial charge < -0.3 is 15.1 Å². The maximum absolute atomic E-state index is 13.3. The summed E-state index contributed by atoms with van der Waals surface area (Å²) < 4.78 is 0. The fourth-order valence-corrected chi connectivity index (χ4v) is 5.69. The van der Waals surface area contributed by atoms with E-state index in [0.717, 1.165) is 57.4 Å². The highest BCUT2D eigenvalue weighted by molar-refractivity contribution is 6.42. The van der Waals surface area contributed by atoms with Crippen LogP contribution in [-0.4, -0.2) is 83.9 Å². The number of nitrogens with one attached hydrogen (secondary N) is 2. The summed E-state index contributed by atoms with van der Waals surface area (Å²) in [7, 11) is 0. The average Bonchev–Trinajstić information content (AvgIpc) is 3.08. The Kier molecular flexibility index (Phi) is 8.34. The lowest BCUT2D eigenvalue weighted by atomic mass is 9.79. The van der Waals surface area contributed by atoms with E-state index in [1.54, 1.807) is 24.0 Å². The van der Waals surface area contributed by atoms with Crippen LogP contribution in [0.1, 0.15) is 38.2 Å². The smallest absolute Gasteiger partial charge is 0.239 e. The first-order valence-electron chi connectivity index (χ1n) is 12.0. The average molecular weight is 510 g/mol. The first kappa shape index (κ1) is 25.2. The number of rotatable bonds is 5. The van der Waals surface area contributed by atoms with Gasteiger partial charge in [0, 0.05) is 51.7 Å². The zero-order valence-electron chi connectivity index (χ0n) is 19.6. The molecular formula is C24H33Cl2N5O3. The van der Waals surface area contributed by atoms with Gasteiger partial charge >= 0.3 is 0 Å². The second-order valence-electron chi connectivity index (χ2n) is 9.50. The fourth-order valence-electron chi connectivity index (χ4n) is 5.37. The zero-order valence-corrected chi connectivity index (χ0v) is 21.1. The van der Waals surface area contributed by atoms with Crippen LogP contribution in [0.4, 0.5) is 0 Å². The number of hydrogen-bond acceptors (Lipinski definition) is 5. The highest BCUT2D eigenvalue weighted by Gasteiger charge is 2.42. The van der Waals surface area contributed by atoms with Crippen LogP contribution in [0.15, 0.2) is 18.2 Å². The monoisotopic (exact) mass is 509 g/mol. The van der Waals surface area contributed by atoms with E-state index in [1.807, 2.05) is 11.0 Å². The maximum atomic E-state index is 13.3. The standard InChI is InChI=1S/C24H33Cl2N5O3/c1-16(32)29-7-2-8-30(10-9-29)18-4-6-22-19(12-18)24(34)31(15-28-22)14-23(33)27-13-17-3-5-20(25)21(26)11-17/h3,5,11,18-19,22,28H,2,4,6-10,12-15H2,1H3,(H,27,33). The van der Waals surface area contributed by atoms with Gasteiger partial charge in [-0.1, -0.05) is 29.3 Å². The van der Waals surface area contributed by atoms with E-state index in [0.29, 0.717) is 29.3 Å². The quantitative estimate of drug-likeness (QED) is 0.634. The van der Waals surface area contributed by atoms with Crippen molar-refractivity contribution in [1.82, 2.24) is 25.3 Å². The summed E-state index contributed by atoms with van der Waals surface area (Å²) in [4.78, 5) is 43.6. The topological polar surface area (TPSA) is 85.0 Å². The molecule has 0 radical (unpaired) electrons. The van der Waals surface area contributed by atoms with E-state index in [9.17, 15) is 14.4 Å². The normalized spacial score (nSPS) is 26.1. The van der Waals surface area contributed by atoms with Gasteiger partial charge in [-0.2, -0.15) is 0 Å². The third-order valence-corrected chi connectivity index (χ3v) is 8.04. The van der Waals surface area contributed by atoms with Crippen LogP contribution < -0.4 is 10.6 Å². The molecule has 186 valence electrons. The summed E-state index contributed by atoms with van der Waals surface area (Å²) in [6, 6.07) is 5.74. The SMILES string of the molecule is CC(=O)N1CCCN(C2CCC3NCN(CC(=O)NCc4ccc(Cl)c(Cl)c4)C(=O)C3C2)CC1. The minimum absolute atomic E-state index is 0.0261. The Morgan fingerprint density at radius 3 is 2.71 bits per heavy atom. The molecule has 4 rings (SSSR count). The number of amides is 3. The van der Waals surface area contributed by atoms with Gasteiger partial charge in [0.05, 0.1) is 22.6 Å². The van der Waals surface area contributed by atoms with Crippen molar-refractivity contribution in [3.05, 3.63) is 33.8 Å². The molecule has 0 aromatic heterocycles. The van der Waals surface area contributed by atoms with Crippen LogP contribution in [0.25, 0.3) is 0 Å². The third-order valence-electron chi connectivity index (χ3n) is 7.30. The van der Waals surface area contributed by atoms with Crippen molar-refractivity contribution in [1.29, 1.82) is 0 Å². The molecule has 2 heterocycles. The molecule has 3 unspecified atom stereocenters. The molecular weight excluding hydrogens is 477 g/mol. The number of nitrogens with zero attached hydrogens (tertiary/aromatic N) is 3. The molecule has 1 aliphatic carbocycles. The van der Waals surface area contributed by atoms with Crippen LogP contribution in [0.2, 0.25) is 10.0 Å². The highest BCUT2D eigenvalue weighted by Crippen LogP contribution is 2.32. The molecule has 0 spiro atoms. The largest absolute Gasteiger partial charge is 0.350 e. The first-order chi connectivity index (χ1) is 16.3. The number of halogens is 2. The van der Waals surface area contributed by atoms with Gasteiger partial charge in [-0.25, -0.2) is 0 Å². The van der Waals surface area contributed by atoms with E-state index >= 15 is 0 Å². The van der Waals surface area contributed by atoms with Gasteiger partial charge in [0.1, 0.15) is 6.54 Å². The molecule has 0 bridgehead atoms. The minimum atomic E-state index is -0.205. The number of carbonyl (C=O) groups excluding carboxylic acids is 3. The molecule has 10 heteroatoms. The molecule has 3 atom stereocenters. The second-order valence-corrected chi connectivity index (χ2v) is 10.3. The molecule has 3 aliphatic rings. The Hall–Kier alpha value is -1.87. The number of carbonyl (C=O) groups is 3. The zero-order chi connectivity index (χ0) is 24.2. The highest BCUT2D eigenvalue weighted by atomic mass is 35.5. The van der Waals surface area contributed by atoms with Crippen LogP contribution in [0.5, 0.6) is 0 Å². The van der Waals surface area contributed by atoms with E-state index in [4.69, 9.17) is 23.2 Å². The molecule has 2 aliphatic heterocycles. The minimum Gasteiger partial charge on any atom is -0.350 e. The van der Waals surface area contributed by atoms with Crippen molar-refractivity contribution in [3.8, 4) is 0 Å². The summed E-state index contributed by atoms with van der Waals surface area (Å²) in [5.41, 5.74) is 0.849. The van der Waals surface area contributed by atoms with E-state index in [1.165, 1.54) is 0 Å². The number of hydrogen-bond donors (Lipinski definition) is 2. The molecule has 2 N–H and O–H groups in total. The van der Waals surface area contributed by atoms with Gasteiger partial charge in [0.15, 0.2) is 0 Å². The van der Waals surface area contributed by atoms with Crippen molar-refractivity contribution in [2.75, 3.05) is 39.4 Å². The number of fused-ring (bicyclic) bond motifs is 1. The molecule has 2 saturated heterocycles. The van der Waals surface area contributed by atoms with Gasteiger partial charge in [-0.3, -0.25) is 24.6 Å². The fraction of sp³-hybridized carbons (Fsp3) is 0.625. The predicted molar refractivity (Wildman–Crippen MR) is 131 cm³/mol. The summed E-state index contributed by atoms with van der Waals surface area (Å²) in [5, 5.41) is 7.25. The molecule has 34 heavy (non-hydrogen) atoms. The van der Waals surface area contributed by atoms with Gasteiger partial charge in [-0.15, -0.1) is 0 Å². The van der Waals surface area contributed by atoms with E-state index < -0.39 is 0 Å². The second kappa shape index (κ2) is 11.2. The van der Waals surface area contributed by atoms with E-state index in [-0.39, 0.29) is 36.2 Å². The van der Waals surface area contributed by atoms with Crippen molar-refractivity contribution in [3.63, 3.8) is 0 Å². The molecule has 1 aromatic rings. The Morgan fingerprint density at radius 2 is 1.94 bits per heavy atom. The van der Waals surface area contributed by atoms with Crippen LogP contribution in [0.3, 0.4) is 0 Å². The van der Waals surface area contributed by atoms with Crippen LogP contribution in [-0.2, 0) is 20.9 Å². The molecule has 3 amide bonds. The summed E-state index contributed by atoms with van der Waals surface area (Å²) in [6.45, 7) is 5.72.